The first-order valence-electron chi connectivity index (χ1n) is 6.98. The van der Waals surface area contributed by atoms with E-state index in [1.54, 1.807) is 6.92 Å². The van der Waals surface area contributed by atoms with Crippen LogP contribution in [-0.2, 0) is 16.0 Å². The minimum atomic E-state index is -1.14. The Balaban J connectivity index is 2.16. The van der Waals surface area contributed by atoms with Gasteiger partial charge in [0.1, 0.15) is 6.26 Å². The molecule has 0 aliphatic heterocycles. The maximum absolute atomic E-state index is 11.8. The summed E-state index contributed by atoms with van der Waals surface area (Å²) < 4.78 is 10.2. The molecule has 1 atom stereocenters. The van der Waals surface area contributed by atoms with Crippen molar-refractivity contribution in [2.24, 2.45) is 0 Å². The molecular weight excluding hydrogens is 286 g/mol. The summed E-state index contributed by atoms with van der Waals surface area (Å²) >= 11 is 0. The predicted octanol–water partition coefficient (Wildman–Crippen LogP) is 2.65. The van der Waals surface area contributed by atoms with Crippen LogP contribution in [0.2, 0.25) is 0 Å². The molecule has 1 N–H and O–H groups in total. The first kappa shape index (κ1) is 15.8. The minimum absolute atomic E-state index is 0.141. The number of carboxylic acid groups (broad SMARTS) is 1. The molecule has 1 aromatic heterocycles. The lowest BCUT2D eigenvalue weighted by molar-refractivity contribution is -0.143. The highest BCUT2D eigenvalue weighted by atomic mass is 16.5. The second-order valence-electron chi connectivity index (χ2n) is 4.75. The zero-order chi connectivity index (χ0) is 15.9. The van der Waals surface area contributed by atoms with Crippen LogP contribution < -0.4 is 0 Å². The standard InChI is InChI=1S/C16H17NO5/c1-2-21-15(18)9-12(11-6-4-3-5-7-11)8-14-17-13(10-22-14)16(19)20/h3-7,10,12H,2,8-9H2,1H3,(H,19,20). The normalized spacial score (nSPS) is 11.9. The fraction of sp³-hybridized carbons (Fsp3) is 0.312. The largest absolute Gasteiger partial charge is 0.476 e. The quantitative estimate of drug-likeness (QED) is 0.791. The Morgan fingerprint density at radius 1 is 1.32 bits per heavy atom. The number of ether oxygens (including phenoxy) is 1. The summed E-state index contributed by atoms with van der Waals surface area (Å²) in [6, 6.07) is 9.46. The third-order valence-corrected chi connectivity index (χ3v) is 3.18. The van der Waals surface area contributed by atoms with Gasteiger partial charge in [-0.2, -0.15) is 0 Å². The van der Waals surface area contributed by atoms with Crippen LogP contribution in [0.25, 0.3) is 0 Å². The molecule has 22 heavy (non-hydrogen) atoms. The van der Waals surface area contributed by atoms with Gasteiger partial charge in [0.25, 0.3) is 0 Å². The van der Waals surface area contributed by atoms with Crippen molar-refractivity contribution in [3.63, 3.8) is 0 Å². The first-order valence-corrected chi connectivity index (χ1v) is 6.98. The number of aromatic carboxylic acids is 1. The maximum atomic E-state index is 11.8. The van der Waals surface area contributed by atoms with Crippen LogP contribution in [-0.4, -0.2) is 28.6 Å². The van der Waals surface area contributed by atoms with E-state index in [1.807, 2.05) is 30.3 Å². The zero-order valence-corrected chi connectivity index (χ0v) is 12.2. The van der Waals surface area contributed by atoms with E-state index in [9.17, 15) is 9.59 Å². The van der Waals surface area contributed by atoms with Gasteiger partial charge in [0.05, 0.1) is 13.0 Å². The molecule has 6 nitrogen and oxygen atoms in total. The van der Waals surface area contributed by atoms with Gasteiger partial charge in [-0.25, -0.2) is 9.78 Å². The smallest absolute Gasteiger partial charge is 0.357 e. The molecule has 0 spiro atoms. The highest BCUT2D eigenvalue weighted by Crippen LogP contribution is 2.24. The van der Waals surface area contributed by atoms with Crippen LogP contribution in [0.1, 0.15) is 41.2 Å². The van der Waals surface area contributed by atoms with Crippen molar-refractivity contribution in [1.82, 2.24) is 4.98 Å². The van der Waals surface area contributed by atoms with Gasteiger partial charge in [0, 0.05) is 12.3 Å². The third kappa shape index (κ3) is 4.18. The molecule has 2 rings (SSSR count). The lowest BCUT2D eigenvalue weighted by Gasteiger charge is -2.14. The summed E-state index contributed by atoms with van der Waals surface area (Å²) in [6.45, 7) is 2.07. The third-order valence-electron chi connectivity index (χ3n) is 3.18. The van der Waals surface area contributed by atoms with Crippen LogP contribution in [0.15, 0.2) is 41.0 Å². The Labute approximate surface area is 127 Å². The van der Waals surface area contributed by atoms with E-state index in [4.69, 9.17) is 14.3 Å². The van der Waals surface area contributed by atoms with Gasteiger partial charge < -0.3 is 14.3 Å². The molecule has 1 heterocycles. The fourth-order valence-electron chi connectivity index (χ4n) is 2.17. The highest BCUT2D eigenvalue weighted by Gasteiger charge is 2.21. The van der Waals surface area contributed by atoms with Gasteiger partial charge in [-0.05, 0) is 12.5 Å². The second kappa shape index (κ2) is 7.40. The monoisotopic (exact) mass is 303 g/mol. The van der Waals surface area contributed by atoms with E-state index in [1.165, 1.54) is 0 Å². The molecule has 0 fully saturated rings. The summed E-state index contributed by atoms with van der Waals surface area (Å²) in [7, 11) is 0. The van der Waals surface area contributed by atoms with Crippen molar-refractivity contribution in [1.29, 1.82) is 0 Å². The molecule has 0 radical (unpaired) electrons. The Kier molecular flexibility index (Phi) is 5.30. The van der Waals surface area contributed by atoms with Crippen molar-refractivity contribution in [2.75, 3.05) is 6.61 Å². The van der Waals surface area contributed by atoms with Gasteiger partial charge >= 0.3 is 11.9 Å². The van der Waals surface area contributed by atoms with E-state index in [0.717, 1.165) is 11.8 Å². The average Bonchev–Trinajstić information content (AvgIpc) is 2.96. The number of carboxylic acids is 1. The molecule has 0 bridgehead atoms. The van der Waals surface area contributed by atoms with E-state index in [-0.39, 0.29) is 29.9 Å². The van der Waals surface area contributed by atoms with E-state index < -0.39 is 5.97 Å². The number of benzene rings is 1. The van der Waals surface area contributed by atoms with E-state index in [0.29, 0.717) is 13.0 Å². The number of nitrogens with zero attached hydrogens (tertiary/aromatic N) is 1. The van der Waals surface area contributed by atoms with Crippen LogP contribution in [0.4, 0.5) is 0 Å². The van der Waals surface area contributed by atoms with Gasteiger partial charge in [0.2, 0.25) is 0 Å². The molecule has 0 saturated carbocycles. The average molecular weight is 303 g/mol. The number of rotatable bonds is 7. The van der Waals surface area contributed by atoms with Crippen molar-refractivity contribution in [2.45, 2.75) is 25.7 Å². The number of aromatic nitrogens is 1. The number of hydrogen-bond donors (Lipinski definition) is 1. The molecule has 0 amide bonds. The first-order chi connectivity index (χ1) is 10.6. The topological polar surface area (TPSA) is 89.6 Å². The molecule has 6 heteroatoms. The molecule has 1 aromatic carbocycles. The van der Waals surface area contributed by atoms with Crippen LogP contribution >= 0.6 is 0 Å². The molecule has 2 aromatic rings. The zero-order valence-electron chi connectivity index (χ0n) is 12.2. The molecule has 1 unspecified atom stereocenters. The SMILES string of the molecule is CCOC(=O)CC(Cc1nc(C(=O)O)co1)c1ccccc1. The Bertz CT molecular complexity index is 635. The molecule has 116 valence electrons. The summed E-state index contributed by atoms with van der Waals surface area (Å²) in [5.74, 6) is -1.34. The van der Waals surface area contributed by atoms with Crippen molar-refractivity contribution >= 4 is 11.9 Å². The van der Waals surface area contributed by atoms with E-state index in [2.05, 4.69) is 4.98 Å². The minimum Gasteiger partial charge on any atom is -0.476 e. The second-order valence-corrected chi connectivity index (χ2v) is 4.75. The Morgan fingerprint density at radius 2 is 2.05 bits per heavy atom. The van der Waals surface area contributed by atoms with E-state index >= 15 is 0 Å². The summed E-state index contributed by atoms with van der Waals surface area (Å²) in [5, 5.41) is 8.87. The Hall–Kier alpha value is -2.63. The Morgan fingerprint density at radius 3 is 2.64 bits per heavy atom. The van der Waals surface area contributed by atoms with Gasteiger partial charge in [0.15, 0.2) is 11.6 Å². The number of carbonyl (C=O) groups excluding carboxylic acids is 1. The molecule has 0 saturated heterocycles. The summed E-state index contributed by atoms with van der Waals surface area (Å²) in [6.07, 6.45) is 1.61. The molecular formula is C16H17NO5. The van der Waals surface area contributed by atoms with Crippen molar-refractivity contribution in [3.8, 4) is 0 Å². The van der Waals surface area contributed by atoms with Gasteiger partial charge in [-0.3, -0.25) is 4.79 Å². The number of esters is 1. The maximum Gasteiger partial charge on any atom is 0.357 e. The van der Waals surface area contributed by atoms with Crippen LogP contribution in [0.3, 0.4) is 0 Å². The highest BCUT2D eigenvalue weighted by molar-refractivity contribution is 5.84. The number of hydrogen-bond acceptors (Lipinski definition) is 5. The van der Waals surface area contributed by atoms with Crippen LogP contribution in [0, 0.1) is 0 Å². The lowest BCUT2D eigenvalue weighted by atomic mass is 9.92. The fourth-order valence-corrected chi connectivity index (χ4v) is 2.17. The molecule has 0 aliphatic carbocycles. The summed E-state index contributed by atoms with van der Waals surface area (Å²) in [5.41, 5.74) is 0.809. The van der Waals surface area contributed by atoms with Gasteiger partial charge in [-0.1, -0.05) is 30.3 Å². The predicted molar refractivity (Wildman–Crippen MR) is 77.6 cm³/mol. The van der Waals surface area contributed by atoms with Gasteiger partial charge in [-0.15, -0.1) is 0 Å². The number of oxazole rings is 1. The van der Waals surface area contributed by atoms with Crippen molar-refractivity contribution < 1.29 is 23.8 Å². The lowest BCUT2D eigenvalue weighted by Crippen LogP contribution is -2.13. The molecule has 0 aliphatic rings. The van der Waals surface area contributed by atoms with Crippen molar-refractivity contribution in [3.05, 3.63) is 53.7 Å². The summed E-state index contributed by atoms with van der Waals surface area (Å²) in [4.78, 5) is 26.5. The van der Waals surface area contributed by atoms with Crippen LogP contribution in [0.5, 0.6) is 0 Å². The number of carbonyl (C=O) groups is 2.